The van der Waals surface area contributed by atoms with Gasteiger partial charge in [0.1, 0.15) is 5.71 Å². The van der Waals surface area contributed by atoms with Crippen molar-refractivity contribution < 1.29 is 10.0 Å². The molecule has 0 aliphatic carbocycles. The smallest absolute Gasteiger partial charge is 0.234 e. The molecule has 6 heteroatoms. The van der Waals surface area contributed by atoms with Crippen LogP contribution in [-0.2, 0) is 4.79 Å². The number of aromatic amines is 1. The van der Waals surface area contributed by atoms with Crippen LogP contribution in [0.1, 0.15) is 22.6 Å². The van der Waals surface area contributed by atoms with Gasteiger partial charge in [-0.05, 0) is 17.7 Å². The zero-order chi connectivity index (χ0) is 19.8. The summed E-state index contributed by atoms with van der Waals surface area (Å²) in [4.78, 5) is 13.3. The molecule has 6 nitrogen and oxygen atoms in total. The fourth-order valence-electron chi connectivity index (χ4n) is 4.21. The van der Waals surface area contributed by atoms with Crippen LogP contribution < -0.4 is 5.32 Å². The fraction of sp³-hybridized carbons (Fsp3) is 0.0870. The van der Waals surface area contributed by atoms with Gasteiger partial charge in [0.15, 0.2) is 0 Å². The van der Waals surface area contributed by atoms with Crippen LogP contribution in [0.25, 0.3) is 10.9 Å². The molecule has 2 heterocycles. The number of nitrogens with zero attached hydrogens (tertiary/aromatic N) is 2. The molecule has 0 saturated heterocycles. The van der Waals surface area contributed by atoms with E-state index in [9.17, 15) is 10.0 Å². The van der Waals surface area contributed by atoms with Crippen LogP contribution in [0.3, 0.4) is 0 Å². The normalized spacial score (nSPS) is 19.0. The first-order valence-electron chi connectivity index (χ1n) is 9.37. The second kappa shape index (κ2) is 6.91. The molecular weight excluding hydrogens is 364 g/mol. The number of aromatic nitrogens is 2. The molecule has 4 aromatic rings. The Labute approximate surface area is 166 Å². The van der Waals surface area contributed by atoms with Crippen LogP contribution in [0.5, 0.6) is 0 Å². The van der Waals surface area contributed by atoms with Crippen molar-refractivity contribution in [1.82, 2.24) is 10.2 Å². The third-order valence-electron chi connectivity index (χ3n) is 5.47. The van der Waals surface area contributed by atoms with Gasteiger partial charge < -0.3 is 10.5 Å². The van der Waals surface area contributed by atoms with Crippen molar-refractivity contribution in [3.05, 3.63) is 95.7 Å². The molecule has 142 valence electrons. The van der Waals surface area contributed by atoms with E-state index in [1.165, 1.54) is 0 Å². The highest BCUT2D eigenvalue weighted by Crippen LogP contribution is 2.45. The first kappa shape index (κ1) is 17.2. The molecule has 3 N–H and O–H groups in total. The lowest BCUT2D eigenvalue weighted by Gasteiger charge is -2.34. The van der Waals surface area contributed by atoms with Gasteiger partial charge in [-0.3, -0.25) is 9.89 Å². The molecule has 29 heavy (non-hydrogen) atoms. The summed E-state index contributed by atoms with van der Waals surface area (Å²) in [5.74, 6) is -1.25. The highest BCUT2D eigenvalue weighted by atomic mass is 16.4. The van der Waals surface area contributed by atoms with Crippen molar-refractivity contribution >= 4 is 28.2 Å². The van der Waals surface area contributed by atoms with Gasteiger partial charge in [-0.2, -0.15) is 5.10 Å². The summed E-state index contributed by atoms with van der Waals surface area (Å²) in [7, 11) is 0. The molecular formula is C23H18N4O2. The maximum Gasteiger partial charge on any atom is 0.234 e. The molecule has 3 aromatic carbocycles. The quantitative estimate of drug-likeness (QED) is 0.283. The van der Waals surface area contributed by atoms with E-state index in [1.807, 2.05) is 72.8 Å². The number of carbonyl (C=O) groups is 1. The van der Waals surface area contributed by atoms with Gasteiger partial charge in [0.25, 0.3) is 0 Å². The number of benzene rings is 3. The first-order chi connectivity index (χ1) is 14.3. The predicted octanol–water partition coefficient (Wildman–Crippen LogP) is 4.14. The zero-order valence-corrected chi connectivity index (χ0v) is 15.4. The second-order valence-electron chi connectivity index (χ2n) is 7.07. The number of hydrogen-bond acceptors (Lipinski definition) is 4. The number of amides is 1. The number of nitrogens with one attached hydrogen (secondary N) is 2. The lowest BCUT2D eigenvalue weighted by Crippen LogP contribution is -2.40. The minimum absolute atomic E-state index is 0.207. The molecule has 0 bridgehead atoms. The van der Waals surface area contributed by atoms with Gasteiger partial charge in [0.2, 0.25) is 5.91 Å². The first-order valence-corrected chi connectivity index (χ1v) is 9.37. The van der Waals surface area contributed by atoms with Crippen LogP contribution in [0.15, 0.2) is 84.1 Å². The summed E-state index contributed by atoms with van der Waals surface area (Å²) in [6.45, 7) is 0. The Morgan fingerprint density at radius 1 is 0.966 bits per heavy atom. The third kappa shape index (κ3) is 2.77. The molecule has 0 unspecified atom stereocenters. The van der Waals surface area contributed by atoms with Crippen molar-refractivity contribution in [3.8, 4) is 0 Å². The molecule has 0 saturated carbocycles. The maximum atomic E-state index is 13.3. The predicted molar refractivity (Wildman–Crippen MR) is 111 cm³/mol. The van der Waals surface area contributed by atoms with E-state index in [-0.39, 0.29) is 11.8 Å². The minimum Gasteiger partial charge on any atom is -0.411 e. The van der Waals surface area contributed by atoms with E-state index in [0.29, 0.717) is 11.3 Å². The summed E-state index contributed by atoms with van der Waals surface area (Å²) in [6, 6.07) is 23.0. The fourth-order valence-corrected chi connectivity index (χ4v) is 4.21. The Morgan fingerprint density at radius 3 is 2.41 bits per heavy atom. The number of carbonyl (C=O) groups excluding carboxylic acids is 1. The molecule has 0 spiro atoms. The molecule has 1 amide bonds. The van der Waals surface area contributed by atoms with Crippen LogP contribution in [0.2, 0.25) is 0 Å². The molecule has 5 rings (SSSR count). The van der Waals surface area contributed by atoms with Crippen LogP contribution in [-0.4, -0.2) is 27.0 Å². The van der Waals surface area contributed by atoms with E-state index in [1.54, 1.807) is 6.20 Å². The lowest BCUT2D eigenvalue weighted by molar-refractivity contribution is -0.118. The number of anilines is 1. The highest BCUT2D eigenvalue weighted by Gasteiger charge is 2.42. The van der Waals surface area contributed by atoms with Crippen molar-refractivity contribution in [2.24, 2.45) is 11.1 Å². The molecule has 1 aliphatic rings. The highest BCUT2D eigenvalue weighted by molar-refractivity contribution is 6.19. The van der Waals surface area contributed by atoms with E-state index in [4.69, 9.17) is 0 Å². The summed E-state index contributed by atoms with van der Waals surface area (Å²) in [6.07, 6.45) is 1.77. The summed E-state index contributed by atoms with van der Waals surface area (Å²) < 4.78 is 0. The van der Waals surface area contributed by atoms with Crippen molar-refractivity contribution in [1.29, 1.82) is 0 Å². The summed E-state index contributed by atoms with van der Waals surface area (Å²) >= 11 is 0. The Morgan fingerprint density at radius 2 is 1.69 bits per heavy atom. The van der Waals surface area contributed by atoms with E-state index >= 15 is 0 Å². The summed E-state index contributed by atoms with van der Waals surface area (Å²) in [5, 5.41) is 24.7. The Bertz CT molecular complexity index is 1220. The topological polar surface area (TPSA) is 90.4 Å². The number of oxime groups is 1. The molecule has 0 fully saturated rings. The van der Waals surface area contributed by atoms with Crippen LogP contribution in [0, 0.1) is 5.92 Å². The van der Waals surface area contributed by atoms with Gasteiger partial charge in [-0.25, -0.2) is 0 Å². The van der Waals surface area contributed by atoms with Gasteiger partial charge in [-0.1, -0.05) is 65.8 Å². The van der Waals surface area contributed by atoms with Crippen LogP contribution >= 0.6 is 0 Å². The Kier molecular flexibility index (Phi) is 4.09. The Balaban J connectivity index is 1.78. The Hall–Kier alpha value is -3.93. The lowest BCUT2D eigenvalue weighted by atomic mass is 9.73. The van der Waals surface area contributed by atoms with Crippen LogP contribution in [0.4, 0.5) is 5.69 Å². The number of fused-ring (bicyclic) bond motifs is 3. The van der Waals surface area contributed by atoms with Gasteiger partial charge >= 0.3 is 0 Å². The summed E-state index contributed by atoms with van der Waals surface area (Å²) in [5.41, 5.74) is 4.55. The zero-order valence-electron chi connectivity index (χ0n) is 15.4. The maximum absolute atomic E-state index is 13.3. The van der Waals surface area contributed by atoms with Crippen molar-refractivity contribution in [3.63, 3.8) is 0 Å². The number of hydrogen-bond donors (Lipinski definition) is 3. The van der Waals surface area contributed by atoms with E-state index in [0.717, 1.165) is 27.7 Å². The van der Waals surface area contributed by atoms with E-state index in [2.05, 4.69) is 20.7 Å². The molecule has 1 aliphatic heterocycles. The van der Waals surface area contributed by atoms with Gasteiger partial charge in [0.05, 0.1) is 17.6 Å². The van der Waals surface area contributed by atoms with E-state index < -0.39 is 5.92 Å². The SMILES string of the molecule is O=C1Nc2ccc3cn[nH]c3c2[C@H](c2ccccc2)[C@H]1/C(=N\O)c1ccccc1. The largest absolute Gasteiger partial charge is 0.411 e. The molecule has 0 radical (unpaired) electrons. The monoisotopic (exact) mass is 382 g/mol. The molecule has 2 atom stereocenters. The number of H-pyrrole nitrogens is 1. The van der Waals surface area contributed by atoms with Gasteiger partial charge in [0, 0.05) is 28.1 Å². The van der Waals surface area contributed by atoms with Crippen molar-refractivity contribution in [2.75, 3.05) is 5.32 Å². The average molecular weight is 382 g/mol. The standard InChI is InChI=1S/C23H18N4O2/c28-23-20(22(27-29)15-9-5-2-6-10-15)18(14-7-3-1-4-8-14)19-17(25-23)12-11-16-13-24-26-21(16)19/h1-13,18,20,29H,(H,24,26)(H,25,28)/b27-22-/t18-,20-/m0/s1. The average Bonchev–Trinajstić information content (AvgIpc) is 3.25. The molecule has 1 aromatic heterocycles. The van der Waals surface area contributed by atoms with Crippen molar-refractivity contribution in [2.45, 2.75) is 5.92 Å². The third-order valence-corrected chi connectivity index (χ3v) is 5.47. The number of rotatable bonds is 3. The second-order valence-corrected chi connectivity index (χ2v) is 7.07. The minimum atomic E-state index is -0.703. The van der Waals surface area contributed by atoms with Gasteiger partial charge in [-0.15, -0.1) is 0 Å².